The first-order valence-corrected chi connectivity index (χ1v) is 12.3. The molecule has 1 nitrogen and oxygen atoms in total. The summed E-state index contributed by atoms with van der Waals surface area (Å²) < 4.78 is 2.94. The molecule has 2 aromatic carbocycles. The summed E-state index contributed by atoms with van der Waals surface area (Å²) in [6.07, 6.45) is 1.93. The van der Waals surface area contributed by atoms with Crippen molar-refractivity contribution in [2.24, 2.45) is 0 Å². The van der Waals surface area contributed by atoms with Crippen LogP contribution in [0.3, 0.4) is 0 Å². The van der Waals surface area contributed by atoms with Crippen molar-refractivity contribution in [2.45, 2.75) is 13.1 Å². The van der Waals surface area contributed by atoms with Gasteiger partial charge in [-0.2, -0.15) is 0 Å². The van der Waals surface area contributed by atoms with Crippen LogP contribution < -0.4 is 19.3 Å². The Morgan fingerprint density at radius 1 is 0.818 bits per heavy atom. The first-order valence-electron chi connectivity index (χ1n) is 7.58. The topological polar surface area (TPSA) is 12.9 Å². The van der Waals surface area contributed by atoms with Crippen LogP contribution in [-0.4, -0.2) is 28.0 Å². The summed E-state index contributed by atoms with van der Waals surface area (Å²) >= 11 is 0.333. The fourth-order valence-corrected chi connectivity index (χ4v) is 9.48. The number of benzene rings is 2. The second-order valence-electron chi connectivity index (χ2n) is 6.48. The van der Waals surface area contributed by atoms with Crippen molar-refractivity contribution in [3.63, 3.8) is 0 Å². The third-order valence-electron chi connectivity index (χ3n) is 4.93. The monoisotopic (exact) mass is 365 g/mol. The number of hydrogen-bond acceptors (Lipinski definition) is 1. The first-order chi connectivity index (χ1) is 10.7. The standard InChI is InChI=1S/C19H15NSeSi/c1-22(2)15-9-3-6-12-17(15)18-13(7-4-10-16(18)22)21-14-8-5-11-20-19(12)14/h3-11H,1-2H3. The number of hydrogen-bond donors (Lipinski definition) is 0. The zero-order valence-electron chi connectivity index (χ0n) is 12.6. The van der Waals surface area contributed by atoms with Gasteiger partial charge in [-0.25, -0.2) is 0 Å². The average molecular weight is 364 g/mol. The molecule has 0 spiro atoms. The predicted molar refractivity (Wildman–Crippen MR) is 96.9 cm³/mol. The van der Waals surface area contributed by atoms with Gasteiger partial charge in [0.1, 0.15) is 0 Å². The fourth-order valence-electron chi connectivity index (χ4n) is 3.87. The molecular formula is C19H15NSeSi. The average Bonchev–Trinajstić information content (AvgIpc) is 2.69. The van der Waals surface area contributed by atoms with Gasteiger partial charge in [-0.3, -0.25) is 0 Å². The van der Waals surface area contributed by atoms with Gasteiger partial charge in [0.25, 0.3) is 0 Å². The van der Waals surface area contributed by atoms with Crippen molar-refractivity contribution < 1.29 is 0 Å². The normalized spacial score (nSPS) is 15.9. The van der Waals surface area contributed by atoms with Gasteiger partial charge in [0.15, 0.2) is 0 Å². The van der Waals surface area contributed by atoms with E-state index >= 15 is 0 Å². The van der Waals surface area contributed by atoms with E-state index in [0.29, 0.717) is 15.0 Å². The van der Waals surface area contributed by atoms with E-state index in [-0.39, 0.29) is 0 Å². The van der Waals surface area contributed by atoms with Crippen molar-refractivity contribution in [1.29, 1.82) is 0 Å². The van der Waals surface area contributed by atoms with Gasteiger partial charge in [0.05, 0.1) is 0 Å². The maximum absolute atomic E-state index is 4.75. The molecule has 2 aliphatic rings. The van der Waals surface area contributed by atoms with Crippen LogP contribution in [0.5, 0.6) is 0 Å². The summed E-state index contributed by atoms with van der Waals surface area (Å²) in [4.78, 5) is 4.75. The quantitative estimate of drug-likeness (QED) is 0.431. The Morgan fingerprint density at radius 3 is 2.41 bits per heavy atom. The molecule has 1 aromatic heterocycles. The van der Waals surface area contributed by atoms with Crippen LogP contribution >= 0.6 is 0 Å². The maximum atomic E-state index is 4.75. The minimum atomic E-state index is -1.57. The van der Waals surface area contributed by atoms with Gasteiger partial charge < -0.3 is 0 Å². The van der Waals surface area contributed by atoms with Crippen molar-refractivity contribution >= 4 is 42.3 Å². The molecule has 0 saturated heterocycles. The first kappa shape index (κ1) is 12.8. The summed E-state index contributed by atoms with van der Waals surface area (Å²) in [5.74, 6) is 0. The Kier molecular flexibility index (Phi) is 2.45. The van der Waals surface area contributed by atoms with Crippen LogP contribution in [0.4, 0.5) is 0 Å². The SMILES string of the molecule is C[Si]1(C)c2cccc3c2-c2c(cccc21)-c1ncccc1[Se]3. The molecule has 2 aliphatic heterocycles. The number of pyridine rings is 1. The van der Waals surface area contributed by atoms with E-state index in [9.17, 15) is 0 Å². The molecule has 22 heavy (non-hydrogen) atoms. The third-order valence-corrected chi connectivity index (χ3v) is 10.8. The molecule has 0 aliphatic carbocycles. The number of aromatic nitrogens is 1. The van der Waals surface area contributed by atoms with E-state index in [0.717, 1.165) is 0 Å². The summed E-state index contributed by atoms with van der Waals surface area (Å²) in [5.41, 5.74) is 5.58. The van der Waals surface area contributed by atoms with E-state index in [1.165, 1.54) is 25.7 Å². The molecule has 3 heterocycles. The Morgan fingerprint density at radius 2 is 1.55 bits per heavy atom. The molecule has 0 atom stereocenters. The Bertz CT molecular complexity index is 946. The van der Waals surface area contributed by atoms with E-state index in [1.54, 1.807) is 15.9 Å². The van der Waals surface area contributed by atoms with Crippen LogP contribution in [0.2, 0.25) is 13.1 Å². The Labute approximate surface area is 137 Å². The van der Waals surface area contributed by atoms with E-state index in [2.05, 4.69) is 61.6 Å². The van der Waals surface area contributed by atoms with Gasteiger partial charge in [0.2, 0.25) is 0 Å². The van der Waals surface area contributed by atoms with Gasteiger partial charge in [-0.15, -0.1) is 0 Å². The zero-order chi connectivity index (χ0) is 14.9. The summed E-state index contributed by atoms with van der Waals surface area (Å²) in [5, 5.41) is 3.20. The van der Waals surface area contributed by atoms with E-state index in [1.807, 2.05) is 6.20 Å². The molecule has 0 bridgehead atoms. The van der Waals surface area contributed by atoms with Gasteiger partial charge >= 0.3 is 138 Å². The van der Waals surface area contributed by atoms with Crippen LogP contribution in [0.15, 0.2) is 54.7 Å². The van der Waals surface area contributed by atoms with Gasteiger partial charge in [-0.1, -0.05) is 0 Å². The molecule has 3 heteroatoms. The summed E-state index contributed by atoms with van der Waals surface area (Å²) in [6.45, 7) is 4.97. The van der Waals surface area contributed by atoms with Gasteiger partial charge in [-0.05, 0) is 0 Å². The molecule has 5 rings (SSSR count). The van der Waals surface area contributed by atoms with Crippen LogP contribution in [0, 0.1) is 0 Å². The molecular weight excluding hydrogens is 349 g/mol. The summed E-state index contributed by atoms with van der Waals surface area (Å²) in [6, 6.07) is 18.1. The summed E-state index contributed by atoms with van der Waals surface area (Å²) in [7, 11) is -1.57. The fraction of sp³-hybridized carbons (Fsp3) is 0.105. The Balaban J connectivity index is 2.02. The second-order valence-corrected chi connectivity index (χ2v) is 13.1. The molecule has 0 fully saturated rings. The zero-order valence-corrected chi connectivity index (χ0v) is 15.3. The molecule has 0 unspecified atom stereocenters. The number of rotatable bonds is 0. The van der Waals surface area contributed by atoms with Crippen LogP contribution in [0.1, 0.15) is 0 Å². The van der Waals surface area contributed by atoms with Crippen molar-refractivity contribution in [3.8, 4) is 22.4 Å². The van der Waals surface area contributed by atoms with E-state index in [4.69, 9.17) is 4.98 Å². The van der Waals surface area contributed by atoms with Crippen LogP contribution in [0.25, 0.3) is 22.4 Å². The van der Waals surface area contributed by atoms with Crippen molar-refractivity contribution in [1.82, 2.24) is 4.98 Å². The minimum absolute atomic E-state index is 0.333. The second kappa shape index (κ2) is 4.20. The molecule has 0 amide bonds. The van der Waals surface area contributed by atoms with Crippen LogP contribution in [-0.2, 0) is 0 Å². The third kappa shape index (κ3) is 1.46. The number of nitrogens with zero attached hydrogens (tertiary/aromatic N) is 1. The number of fused-ring (bicyclic) bond motifs is 2. The predicted octanol–water partition coefficient (Wildman–Crippen LogP) is 1.52. The molecule has 0 saturated carbocycles. The van der Waals surface area contributed by atoms with Gasteiger partial charge in [0, 0.05) is 0 Å². The molecule has 0 radical (unpaired) electrons. The van der Waals surface area contributed by atoms with Crippen molar-refractivity contribution in [2.75, 3.05) is 0 Å². The molecule has 0 N–H and O–H groups in total. The van der Waals surface area contributed by atoms with E-state index < -0.39 is 8.07 Å². The Hall–Kier alpha value is -1.67. The van der Waals surface area contributed by atoms with Crippen molar-refractivity contribution in [3.05, 3.63) is 54.7 Å². The molecule has 106 valence electrons. The molecule has 3 aromatic rings.